The normalized spacial score (nSPS) is 16.3. The molecule has 0 amide bonds. The number of rotatable bonds is 9. The van der Waals surface area contributed by atoms with Crippen LogP contribution in [0.4, 0.5) is 0 Å². The maximum Gasteiger partial charge on any atom is 0.191 e. The number of benzene rings is 1. The van der Waals surface area contributed by atoms with Crippen molar-refractivity contribution in [3.63, 3.8) is 0 Å². The zero-order valence-corrected chi connectivity index (χ0v) is 19.3. The van der Waals surface area contributed by atoms with Crippen LogP contribution in [-0.4, -0.2) is 50.5 Å². The molecule has 1 aromatic heterocycles. The van der Waals surface area contributed by atoms with Gasteiger partial charge in [0.1, 0.15) is 0 Å². The van der Waals surface area contributed by atoms with E-state index in [0.717, 1.165) is 56.2 Å². The van der Waals surface area contributed by atoms with Gasteiger partial charge in [0.15, 0.2) is 5.96 Å². The third-order valence-corrected chi connectivity index (χ3v) is 4.66. The molecule has 0 saturated carbocycles. The van der Waals surface area contributed by atoms with Crippen LogP contribution in [0, 0.1) is 0 Å². The first-order valence-corrected chi connectivity index (χ1v) is 9.99. The maximum atomic E-state index is 5.69. The maximum absolute atomic E-state index is 5.69. The minimum Gasteiger partial charge on any atom is -0.379 e. The van der Waals surface area contributed by atoms with Gasteiger partial charge in [-0.1, -0.05) is 24.3 Å². The van der Waals surface area contributed by atoms with Crippen LogP contribution in [0.2, 0.25) is 0 Å². The van der Waals surface area contributed by atoms with Crippen LogP contribution in [0.3, 0.4) is 0 Å². The summed E-state index contributed by atoms with van der Waals surface area (Å²) in [7, 11) is 1.79. The van der Waals surface area contributed by atoms with Crippen LogP contribution in [0.15, 0.2) is 53.7 Å². The first-order chi connectivity index (χ1) is 13.8. The molecule has 1 saturated heterocycles. The molecule has 2 heterocycles. The van der Waals surface area contributed by atoms with E-state index in [1.54, 1.807) is 7.05 Å². The number of aliphatic imine (C=N–C) groups is 1. The van der Waals surface area contributed by atoms with Crippen LogP contribution in [0.1, 0.15) is 24.8 Å². The van der Waals surface area contributed by atoms with E-state index in [1.807, 2.05) is 24.4 Å². The highest BCUT2D eigenvalue weighted by atomic mass is 127. The second-order valence-corrected chi connectivity index (χ2v) is 6.83. The molecule has 1 unspecified atom stereocenters. The summed E-state index contributed by atoms with van der Waals surface area (Å²) in [6.45, 7) is 3.84. The summed E-state index contributed by atoms with van der Waals surface area (Å²) in [5.41, 5.74) is 3.28. The van der Waals surface area contributed by atoms with Gasteiger partial charge in [-0.15, -0.1) is 24.0 Å². The summed E-state index contributed by atoms with van der Waals surface area (Å²) in [6.07, 6.45) is 5.32. The Balaban J connectivity index is 0.00000300. The van der Waals surface area contributed by atoms with Gasteiger partial charge in [0, 0.05) is 45.1 Å². The number of ether oxygens (including phenoxy) is 2. The van der Waals surface area contributed by atoms with Crippen LogP contribution >= 0.6 is 24.0 Å². The fourth-order valence-corrected chi connectivity index (χ4v) is 3.15. The molecule has 2 aromatic rings. The molecule has 6 nitrogen and oxygen atoms in total. The molecule has 0 spiro atoms. The highest BCUT2D eigenvalue weighted by Crippen LogP contribution is 2.17. The molecule has 0 bridgehead atoms. The van der Waals surface area contributed by atoms with Gasteiger partial charge in [-0.2, -0.15) is 0 Å². The van der Waals surface area contributed by atoms with Gasteiger partial charge in [-0.3, -0.25) is 9.98 Å². The number of nitrogens with zero attached hydrogens (tertiary/aromatic N) is 2. The molecule has 2 N–H and O–H groups in total. The van der Waals surface area contributed by atoms with Gasteiger partial charge < -0.3 is 20.1 Å². The lowest BCUT2D eigenvalue weighted by Crippen LogP contribution is -2.37. The number of pyridine rings is 1. The van der Waals surface area contributed by atoms with Crippen LogP contribution in [0.25, 0.3) is 11.3 Å². The lowest BCUT2D eigenvalue weighted by Gasteiger charge is -2.13. The first-order valence-electron chi connectivity index (χ1n) is 9.99. The number of guanidine groups is 1. The van der Waals surface area contributed by atoms with Gasteiger partial charge in [-0.25, -0.2) is 0 Å². The van der Waals surface area contributed by atoms with Gasteiger partial charge in [0.2, 0.25) is 0 Å². The Morgan fingerprint density at radius 1 is 1.24 bits per heavy atom. The van der Waals surface area contributed by atoms with Gasteiger partial charge in [0.25, 0.3) is 0 Å². The van der Waals surface area contributed by atoms with Crippen molar-refractivity contribution < 1.29 is 9.47 Å². The molecule has 1 aromatic carbocycles. The zero-order chi connectivity index (χ0) is 19.4. The lowest BCUT2D eigenvalue weighted by atomic mass is 10.1. The van der Waals surface area contributed by atoms with E-state index in [9.17, 15) is 0 Å². The molecule has 29 heavy (non-hydrogen) atoms. The summed E-state index contributed by atoms with van der Waals surface area (Å²) in [5.74, 6) is 0.794. The standard InChI is InChI=1S/C22H30N4O2.HI/c1-23-22(25-12-6-13-27-17-20-9-5-14-28-20)26-16-18-7-4-8-19(15-18)21-10-2-3-11-24-21;/h2-4,7-8,10-11,15,20H,5-6,9,12-14,16-17H2,1H3,(H2,23,25,26);1H. The van der Waals surface area contributed by atoms with E-state index in [0.29, 0.717) is 19.3 Å². The molecule has 0 radical (unpaired) electrons. The largest absolute Gasteiger partial charge is 0.379 e. The molecule has 158 valence electrons. The minimum absolute atomic E-state index is 0. The van der Waals surface area contributed by atoms with Crippen LogP contribution in [0.5, 0.6) is 0 Å². The number of nitrogens with one attached hydrogen (secondary N) is 2. The Kier molecular flexibility index (Phi) is 11.0. The summed E-state index contributed by atoms with van der Waals surface area (Å²) < 4.78 is 11.2. The van der Waals surface area contributed by atoms with E-state index in [2.05, 4.69) is 44.9 Å². The van der Waals surface area contributed by atoms with E-state index in [4.69, 9.17) is 9.47 Å². The van der Waals surface area contributed by atoms with E-state index in [1.165, 1.54) is 5.56 Å². The molecule has 1 aliphatic rings. The van der Waals surface area contributed by atoms with E-state index < -0.39 is 0 Å². The number of hydrogen-bond acceptors (Lipinski definition) is 4. The lowest BCUT2D eigenvalue weighted by molar-refractivity contribution is 0.0168. The summed E-state index contributed by atoms with van der Waals surface area (Å²) in [4.78, 5) is 8.70. The quantitative estimate of drug-likeness (QED) is 0.234. The predicted molar refractivity (Wildman–Crippen MR) is 128 cm³/mol. The van der Waals surface area contributed by atoms with Crippen LogP contribution < -0.4 is 10.6 Å². The Labute approximate surface area is 190 Å². The number of aromatic nitrogens is 1. The Hall–Kier alpha value is -1.71. The van der Waals surface area contributed by atoms with Gasteiger partial charge in [0.05, 0.1) is 18.4 Å². The van der Waals surface area contributed by atoms with E-state index in [-0.39, 0.29) is 24.0 Å². The minimum atomic E-state index is 0. The van der Waals surface area contributed by atoms with Crippen molar-refractivity contribution in [1.82, 2.24) is 15.6 Å². The van der Waals surface area contributed by atoms with Crippen molar-refractivity contribution in [2.75, 3.05) is 33.4 Å². The van der Waals surface area contributed by atoms with Gasteiger partial charge >= 0.3 is 0 Å². The molecule has 1 aliphatic heterocycles. The summed E-state index contributed by atoms with van der Waals surface area (Å²) in [5, 5.41) is 6.69. The molecule has 3 rings (SSSR count). The van der Waals surface area contributed by atoms with Crippen LogP contribution in [-0.2, 0) is 16.0 Å². The van der Waals surface area contributed by atoms with Crippen molar-refractivity contribution in [2.45, 2.75) is 31.9 Å². The fourth-order valence-electron chi connectivity index (χ4n) is 3.15. The predicted octanol–water partition coefficient (Wildman–Crippen LogP) is 3.62. The molecule has 7 heteroatoms. The SMILES string of the molecule is CN=C(NCCCOCC1CCCO1)NCc1cccc(-c2ccccn2)c1.I. The topological polar surface area (TPSA) is 67.8 Å². The second-order valence-electron chi connectivity index (χ2n) is 6.83. The molecule has 1 fully saturated rings. The third-order valence-electron chi connectivity index (χ3n) is 4.66. The average molecular weight is 510 g/mol. The van der Waals surface area contributed by atoms with Crippen molar-refractivity contribution in [3.05, 3.63) is 54.2 Å². The number of hydrogen-bond donors (Lipinski definition) is 2. The summed E-state index contributed by atoms with van der Waals surface area (Å²) >= 11 is 0. The average Bonchev–Trinajstić information content (AvgIpc) is 3.27. The monoisotopic (exact) mass is 510 g/mol. The highest BCUT2D eigenvalue weighted by Gasteiger charge is 2.14. The Morgan fingerprint density at radius 2 is 2.17 bits per heavy atom. The molecule has 0 aliphatic carbocycles. The summed E-state index contributed by atoms with van der Waals surface area (Å²) in [6, 6.07) is 14.3. The fraction of sp³-hybridized carbons (Fsp3) is 0.455. The van der Waals surface area contributed by atoms with E-state index >= 15 is 0 Å². The van der Waals surface area contributed by atoms with Gasteiger partial charge in [-0.05, 0) is 43.0 Å². The second kappa shape index (κ2) is 13.5. The van der Waals surface area contributed by atoms with Crippen molar-refractivity contribution in [3.8, 4) is 11.3 Å². The van der Waals surface area contributed by atoms with Crippen molar-refractivity contribution in [1.29, 1.82) is 0 Å². The Bertz CT molecular complexity index is 737. The molecule has 1 atom stereocenters. The smallest absolute Gasteiger partial charge is 0.191 e. The highest BCUT2D eigenvalue weighted by molar-refractivity contribution is 14.0. The zero-order valence-electron chi connectivity index (χ0n) is 17.0. The van der Waals surface area contributed by atoms with Crippen molar-refractivity contribution in [2.24, 2.45) is 4.99 Å². The first kappa shape index (κ1) is 23.6. The number of halogens is 1. The van der Waals surface area contributed by atoms with Crippen molar-refractivity contribution >= 4 is 29.9 Å². The molecular weight excluding hydrogens is 479 g/mol. The molecular formula is C22H31IN4O2. The Morgan fingerprint density at radius 3 is 2.93 bits per heavy atom. The third kappa shape index (κ3) is 8.28.